The van der Waals surface area contributed by atoms with Gasteiger partial charge in [0.25, 0.3) is 5.56 Å². The van der Waals surface area contributed by atoms with Crippen molar-refractivity contribution in [1.29, 1.82) is 0 Å². The number of carbonyl (C=O) groups excluding carboxylic acids is 5. The zero-order valence-corrected chi connectivity index (χ0v) is 83.8. The molecule has 5 aromatic heterocycles. The van der Waals surface area contributed by atoms with Crippen molar-refractivity contribution in [2.45, 2.75) is 184 Å². The molecule has 0 aliphatic carbocycles. The number of aliphatic hydroxyl groups is 1. The third-order valence-electron chi connectivity index (χ3n) is 17.5. The Morgan fingerprint density at radius 3 is 1.13 bits per heavy atom. The molecule has 8 rings (SSSR count). The summed E-state index contributed by atoms with van der Waals surface area (Å²) in [6.07, 6.45) is 4.55. The molecule has 704 valence electrons. The number of benzene rings is 3. The third kappa shape index (κ3) is 39.5. The van der Waals surface area contributed by atoms with Crippen LogP contribution in [0.15, 0.2) is 83.3 Å². The van der Waals surface area contributed by atoms with Crippen LogP contribution in [0.2, 0.25) is 15.2 Å². The van der Waals surface area contributed by atoms with Gasteiger partial charge in [0.05, 0.1) is 132 Å². The SMILES string of the molecule is C.CCC(C(=O)O)C(=O)O.CCOC(=O)/C=C(\C)N.CCOC(=O)c1c(C)[nH]c(=O)c(CC)c1O.CCOC(=O)c1c(C)nc(-c2ccc(OC)cc2C)c(CC)c1Cl.CCOC(=O)c1c(C)nc(Cl)c(CC)c1Cl.CCOC(=O)c1cc(CC)c(-c2ccc(OC)cc2C)nc1C.CCc1cc(C(=O)O)c(C)nc1-c1ccc(OC)cc1C.CO.O=P(Cl)(Cl)Cl.[HH].[Na+].[OH-]. The van der Waals surface area contributed by atoms with Crippen LogP contribution in [-0.4, -0.2) is 165 Å². The molecule has 0 bridgehead atoms. The summed E-state index contributed by atoms with van der Waals surface area (Å²) in [5.41, 5.74) is 21.9. The smallest absolute Gasteiger partial charge is 0.870 e. The van der Waals surface area contributed by atoms with Crippen molar-refractivity contribution in [3.63, 3.8) is 0 Å². The van der Waals surface area contributed by atoms with Gasteiger partial charge in [0, 0.05) is 48.3 Å². The maximum atomic E-state index is 12.2. The van der Waals surface area contributed by atoms with Crippen LogP contribution in [0.25, 0.3) is 33.8 Å². The van der Waals surface area contributed by atoms with E-state index in [1.165, 1.54) is 13.0 Å². The molecule has 0 radical (unpaired) electrons. The number of aromatic amines is 1. The second kappa shape index (κ2) is 63.6. The number of nitrogens with two attached hydrogens (primary N) is 1. The number of H-pyrrole nitrogens is 1. The molecule has 0 atom stereocenters. The van der Waals surface area contributed by atoms with Crippen LogP contribution < -0.4 is 55.1 Å². The van der Waals surface area contributed by atoms with E-state index in [0.29, 0.717) is 117 Å². The first-order chi connectivity index (χ1) is 58.7. The van der Waals surface area contributed by atoms with Gasteiger partial charge in [0.2, 0.25) is 0 Å². The number of hydrogen-bond donors (Lipinski definition) is 7. The molecule has 0 saturated carbocycles. The van der Waals surface area contributed by atoms with Crippen LogP contribution in [0.3, 0.4) is 0 Å². The minimum absolute atomic E-state index is 0. The number of pyridine rings is 5. The van der Waals surface area contributed by atoms with Crippen LogP contribution in [-0.2, 0) is 74.7 Å². The largest absolute Gasteiger partial charge is 1.00 e. The van der Waals surface area contributed by atoms with Crippen molar-refractivity contribution in [3.8, 4) is 56.8 Å². The molecule has 8 aromatic rings. The fourth-order valence-electron chi connectivity index (χ4n) is 11.5. The van der Waals surface area contributed by atoms with Crippen molar-refractivity contribution < 1.29 is 143 Å². The molecule has 38 heteroatoms. The van der Waals surface area contributed by atoms with Crippen LogP contribution >= 0.6 is 73.7 Å². The van der Waals surface area contributed by atoms with Gasteiger partial charge in [-0.25, -0.2) is 33.8 Å². The number of carboxylic acid groups (broad SMARTS) is 3. The average Bonchev–Trinajstić information content (AvgIpc) is 0.772. The number of aromatic nitrogens is 5. The van der Waals surface area contributed by atoms with E-state index in [0.717, 1.165) is 104 Å². The molecule has 30 nitrogen and oxygen atoms in total. The Morgan fingerprint density at radius 2 is 0.820 bits per heavy atom. The number of aliphatic carboxylic acids is 2. The van der Waals surface area contributed by atoms with E-state index in [2.05, 4.69) is 65.3 Å². The fraction of sp³-hybridized carbons (Fsp3) is 0.411. The van der Waals surface area contributed by atoms with Crippen LogP contribution in [0.4, 0.5) is 0 Å². The van der Waals surface area contributed by atoms with Gasteiger partial charge >= 0.3 is 82.5 Å². The van der Waals surface area contributed by atoms with Crippen molar-refractivity contribution in [1.82, 2.24) is 24.9 Å². The van der Waals surface area contributed by atoms with Gasteiger partial charge < -0.3 is 79.6 Å². The molecule has 3 aromatic carbocycles. The van der Waals surface area contributed by atoms with Gasteiger partial charge in [-0.1, -0.05) is 83.8 Å². The first-order valence-corrected chi connectivity index (χ1v) is 44.8. The Hall–Kier alpha value is -9.40. The third-order valence-corrected chi connectivity index (χ3v) is 18.7. The zero-order valence-electron chi connectivity index (χ0n) is 76.4. The van der Waals surface area contributed by atoms with Gasteiger partial charge in [0.15, 0.2) is 5.92 Å². The molecule has 0 amide bonds. The Bertz CT molecular complexity index is 5150. The molecule has 0 spiro atoms. The number of carbonyl (C=O) groups is 8. The number of nitrogens with zero attached hydrogens (tertiary/aromatic N) is 4. The van der Waals surface area contributed by atoms with Crippen molar-refractivity contribution in [2.24, 2.45) is 11.7 Å². The number of carboxylic acids is 3. The minimum Gasteiger partial charge on any atom is -0.870 e. The Labute approximate surface area is 802 Å². The predicted molar refractivity (Wildman–Crippen MR) is 500 cm³/mol. The number of allylic oxidation sites excluding steroid dienone is 1. The summed E-state index contributed by atoms with van der Waals surface area (Å²) >= 11 is 32.5. The maximum absolute atomic E-state index is 12.2. The van der Waals surface area contributed by atoms with E-state index in [4.69, 9.17) is 94.0 Å². The zero-order chi connectivity index (χ0) is 96.2. The number of aryl methyl sites for hydroxylation is 10. The van der Waals surface area contributed by atoms with E-state index in [9.17, 15) is 57.9 Å². The van der Waals surface area contributed by atoms with Gasteiger partial charge in [-0.15, -0.1) is 0 Å². The average molecular weight is 1940 g/mol. The molecule has 5 heterocycles. The van der Waals surface area contributed by atoms with E-state index < -0.39 is 46.9 Å². The standard InChI is InChI=1S/C19H22ClNO3.C19H23NO3.C17H19NO3.C11H13Cl2NO2.C11H15NO4.C6H11NO2.C5H8O4.CH4O.CH4.Cl3OP.Na.H2O.H2/c1-6-14-17(20)16(19(22)24-7-2)12(4)21-18(14)15-9-8-13(23-5)10-11(15)3;1-6-14-11-17(19(21)23-7-2)13(4)20-18(14)16-9-8-15(22-5)10-12(16)3;1-5-12-9-15(17(19)20)11(3)18-16(12)14-7-6-13(21-4)8-10(14)2;1-4-7-9(12)8(11(15)16-5-2)6(3)14-10(7)13;1-4-7-9(13)8(11(15)16-5-2)6(3)12-10(7)14;1-3-9-6(8)4-5(2)7;1-2-3(4(6)7)5(8)9;1-2;;1-5(2,3)4;;;/h8-10H,6-7H2,1-5H3;8-11H,6-7H2,1-5H3;6-9H,5H2,1-4H3,(H,19,20);4-5H2,1-3H3;4-5H2,1-3H3,(H2,12,13,14);4H,3,7H2,1-2H3;3H,2H2,1H3,(H,6,7)(H,8,9);2H,1H3;1H4;;;1H2;1H/q;;;;;;;;;;+1;;/p-1/b;;;;;5-4+;;;;;;;. The maximum Gasteiger partial charge on any atom is 1.00 e. The van der Waals surface area contributed by atoms with Crippen molar-refractivity contribution in [3.05, 3.63) is 205 Å². The van der Waals surface area contributed by atoms with E-state index >= 15 is 0 Å². The minimum atomic E-state index is -3.22. The summed E-state index contributed by atoms with van der Waals surface area (Å²) < 4.78 is 49.8. The number of esters is 5. The summed E-state index contributed by atoms with van der Waals surface area (Å²) in [4.78, 5) is 121. The van der Waals surface area contributed by atoms with E-state index in [1.807, 2.05) is 109 Å². The Kier molecular flexibility index (Phi) is 62.0. The van der Waals surface area contributed by atoms with Crippen molar-refractivity contribution >= 4 is 121 Å². The van der Waals surface area contributed by atoms with E-state index in [-0.39, 0.29) is 96.9 Å². The summed E-state index contributed by atoms with van der Waals surface area (Å²) in [5.74, 6) is -4.79. The first kappa shape index (κ1) is 125. The van der Waals surface area contributed by atoms with Gasteiger partial charge in [-0.05, 0) is 269 Å². The topological polar surface area (TPSA) is 469 Å². The molecule has 0 unspecified atom stereocenters. The molecule has 9 N–H and O–H groups in total. The molecule has 0 fully saturated rings. The second-order valence-electron chi connectivity index (χ2n) is 26.1. The number of aromatic hydroxyl groups is 1. The number of halogens is 6. The van der Waals surface area contributed by atoms with Crippen LogP contribution in [0.1, 0.15) is 223 Å². The summed E-state index contributed by atoms with van der Waals surface area (Å²) in [5, 5.41) is 40.3. The number of rotatable bonds is 25. The van der Waals surface area contributed by atoms with Crippen LogP contribution in [0, 0.1) is 61.3 Å². The summed E-state index contributed by atoms with van der Waals surface area (Å²) in [6.45, 7) is 37.8. The van der Waals surface area contributed by atoms with Gasteiger partial charge in [-0.3, -0.25) is 33.9 Å². The quantitative estimate of drug-likeness (QED) is 0.00531. The number of nitrogens with one attached hydrogen (secondary N) is 1. The fourth-order valence-corrected chi connectivity index (χ4v) is 12.7. The number of hydrogen-bond acceptors (Lipinski definition) is 26. The molecule has 0 aliphatic rings. The van der Waals surface area contributed by atoms with Gasteiger partial charge in [-0.2, -0.15) is 0 Å². The molecule has 128 heavy (non-hydrogen) atoms. The number of ether oxygens (including phenoxy) is 8. The molecule has 0 aliphatic heterocycles. The monoisotopic (exact) mass is 1930 g/mol. The summed E-state index contributed by atoms with van der Waals surface area (Å²) in [6, 6.07) is 21.2. The first-order valence-electron chi connectivity index (χ1n) is 39.3. The predicted octanol–water partition coefficient (Wildman–Crippen LogP) is 17.8. The number of aromatic carboxylic acids is 1. The molecular weight excluding hydrogens is 1820 g/mol. The summed E-state index contributed by atoms with van der Waals surface area (Å²) in [7, 11) is 5.93. The normalized spacial score (nSPS) is 10.1. The molecule has 0 saturated heterocycles. The van der Waals surface area contributed by atoms with Gasteiger partial charge in [0.1, 0.15) is 33.7 Å². The molecular formula is C90H122Cl6N6NaO24P. The second-order valence-corrected chi connectivity index (χ2v) is 33.8. The van der Waals surface area contributed by atoms with Crippen LogP contribution in [0.5, 0.6) is 23.0 Å². The Morgan fingerprint density at radius 1 is 0.492 bits per heavy atom. The number of methoxy groups -OCH3 is 3. The number of aliphatic hydroxyl groups excluding tert-OH is 1. The van der Waals surface area contributed by atoms with Crippen molar-refractivity contribution in [2.75, 3.05) is 61.5 Å². The Balaban J connectivity index is -0.000000465. The van der Waals surface area contributed by atoms with E-state index in [1.54, 1.807) is 104 Å².